The molecular formula is C3H6O4Si2. The molecule has 0 bridgehead atoms. The van der Waals surface area contributed by atoms with Crippen LogP contribution in [0.1, 0.15) is 0 Å². The quantitative estimate of drug-likeness (QED) is 0.467. The fourth-order valence-electron chi connectivity index (χ4n) is 0.803. The Balaban J connectivity index is 1.87. The molecule has 50 valence electrons. The fourth-order valence-corrected chi connectivity index (χ4v) is 2.91. The van der Waals surface area contributed by atoms with Gasteiger partial charge in [-0.15, -0.1) is 0 Å². The van der Waals surface area contributed by atoms with Gasteiger partial charge in [-0.25, -0.2) is 0 Å². The van der Waals surface area contributed by atoms with E-state index in [0.717, 1.165) is 0 Å². The summed E-state index contributed by atoms with van der Waals surface area (Å²) in [6.07, 6.45) is -1.02. The molecular weight excluding hydrogens is 156 g/mol. The maximum absolute atomic E-state index is 5.09. The second-order valence-electron chi connectivity index (χ2n) is 1.89. The highest BCUT2D eigenvalue weighted by atomic mass is 28.3. The predicted molar refractivity (Wildman–Crippen MR) is 30.3 cm³/mol. The highest BCUT2D eigenvalue weighted by Gasteiger charge is 2.60. The Kier molecular flexibility index (Phi) is 1.10. The van der Waals surface area contributed by atoms with Crippen LogP contribution in [0.3, 0.4) is 0 Å². The van der Waals surface area contributed by atoms with Crippen LogP contribution >= 0.6 is 0 Å². The van der Waals surface area contributed by atoms with Gasteiger partial charge < -0.3 is 17.7 Å². The van der Waals surface area contributed by atoms with Gasteiger partial charge in [0.2, 0.25) is 0 Å². The van der Waals surface area contributed by atoms with Gasteiger partial charge in [0.1, 0.15) is 0 Å². The molecule has 0 saturated carbocycles. The summed E-state index contributed by atoms with van der Waals surface area (Å²) >= 11 is 0. The third-order valence-electron chi connectivity index (χ3n) is 1.07. The van der Waals surface area contributed by atoms with E-state index in [1.54, 1.807) is 0 Å². The lowest BCUT2D eigenvalue weighted by molar-refractivity contribution is -0.491. The second-order valence-corrected chi connectivity index (χ2v) is 4.67. The maximum Gasteiger partial charge on any atom is 0.393 e. The summed E-state index contributed by atoms with van der Waals surface area (Å²) in [7, 11) is -2.03. The van der Waals surface area contributed by atoms with Crippen molar-refractivity contribution >= 4 is 18.6 Å². The van der Waals surface area contributed by atoms with Crippen LogP contribution in [0.25, 0.3) is 0 Å². The van der Waals surface area contributed by atoms with Gasteiger partial charge in [-0.3, -0.25) is 0 Å². The van der Waals surface area contributed by atoms with E-state index < -0.39 is 24.7 Å². The summed E-state index contributed by atoms with van der Waals surface area (Å²) in [6, 6.07) is 0. The van der Waals surface area contributed by atoms with Crippen LogP contribution in [0.15, 0.2) is 0 Å². The topological polar surface area (TPSA) is 36.9 Å². The Morgan fingerprint density at radius 2 is 1.22 bits per heavy atom. The Morgan fingerprint density at radius 3 is 1.44 bits per heavy atom. The maximum atomic E-state index is 5.09. The van der Waals surface area contributed by atoms with Crippen molar-refractivity contribution < 1.29 is 17.7 Å². The average Bonchev–Trinajstić information content (AvgIpc) is 1.58. The smallest absolute Gasteiger partial charge is 0.319 e. The fraction of sp³-hybridized carbons (Fsp3) is 1.00. The molecule has 2 saturated heterocycles. The first-order valence-corrected chi connectivity index (χ1v) is 6.27. The third kappa shape index (κ3) is 0.792. The molecule has 0 aromatic rings. The minimum atomic E-state index is -1.02. The highest BCUT2D eigenvalue weighted by molar-refractivity contribution is 6.48. The molecule has 9 heavy (non-hydrogen) atoms. The van der Waals surface area contributed by atoms with Gasteiger partial charge in [0.05, 0.1) is 0 Å². The molecule has 2 aliphatic rings. The first-order valence-electron chi connectivity index (χ1n) is 2.63. The second kappa shape index (κ2) is 1.65. The minimum Gasteiger partial charge on any atom is -0.319 e. The zero-order chi connectivity index (χ0) is 6.48. The summed E-state index contributed by atoms with van der Waals surface area (Å²) in [6.45, 7) is 3.78. The van der Waals surface area contributed by atoms with Crippen LogP contribution in [0, 0.1) is 0 Å². The molecule has 4 nitrogen and oxygen atoms in total. The van der Waals surface area contributed by atoms with Crippen LogP contribution in [-0.4, -0.2) is 24.7 Å². The van der Waals surface area contributed by atoms with Crippen molar-refractivity contribution in [2.24, 2.45) is 0 Å². The van der Waals surface area contributed by atoms with Crippen LogP contribution in [0.2, 0.25) is 13.1 Å². The zero-order valence-corrected chi connectivity index (χ0v) is 7.13. The van der Waals surface area contributed by atoms with Crippen LogP contribution in [-0.2, 0) is 17.7 Å². The molecule has 1 spiro atoms. The summed E-state index contributed by atoms with van der Waals surface area (Å²) in [5.74, 6) is 0. The van der Waals surface area contributed by atoms with Gasteiger partial charge >= 0.3 is 24.7 Å². The number of rotatable bonds is 0. The molecule has 2 aliphatic heterocycles. The van der Waals surface area contributed by atoms with E-state index in [0.29, 0.717) is 0 Å². The monoisotopic (exact) mass is 162 g/mol. The number of hydrogen-bond donors (Lipinski definition) is 0. The normalized spacial score (nSPS) is 34.0. The van der Waals surface area contributed by atoms with E-state index in [4.69, 9.17) is 17.7 Å². The van der Waals surface area contributed by atoms with Crippen molar-refractivity contribution in [3.8, 4) is 0 Å². The van der Waals surface area contributed by atoms with E-state index >= 15 is 0 Å². The molecule has 0 atom stereocenters. The van der Waals surface area contributed by atoms with E-state index in [1.165, 1.54) is 0 Å². The minimum absolute atomic E-state index is 1.02. The van der Waals surface area contributed by atoms with E-state index in [2.05, 4.69) is 0 Å². The largest absolute Gasteiger partial charge is 0.393 e. The summed E-state index contributed by atoms with van der Waals surface area (Å²) in [5, 5.41) is 0. The van der Waals surface area contributed by atoms with Crippen molar-refractivity contribution in [2.45, 2.75) is 19.3 Å². The summed E-state index contributed by atoms with van der Waals surface area (Å²) in [5.41, 5.74) is 0. The lowest BCUT2D eigenvalue weighted by Crippen LogP contribution is -2.69. The molecule has 0 amide bonds. The first-order chi connectivity index (χ1) is 4.20. The van der Waals surface area contributed by atoms with Crippen molar-refractivity contribution in [3.05, 3.63) is 0 Å². The lowest BCUT2D eigenvalue weighted by Gasteiger charge is -2.50. The SMILES string of the molecule is C[Si]1OC2(O1)O[Si](C)O2. The Hall–Kier alpha value is 0.274. The summed E-state index contributed by atoms with van der Waals surface area (Å²) in [4.78, 5) is 0. The Morgan fingerprint density at radius 1 is 0.889 bits per heavy atom. The van der Waals surface area contributed by atoms with Gasteiger partial charge in [-0.2, -0.15) is 0 Å². The van der Waals surface area contributed by atoms with Crippen molar-refractivity contribution in [3.63, 3.8) is 0 Å². The molecule has 2 heterocycles. The van der Waals surface area contributed by atoms with Crippen molar-refractivity contribution in [1.29, 1.82) is 0 Å². The predicted octanol–water partition coefficient (Wildman–Crippen LogP) is -0.0727. The summed E-state index contributed by atoms with van der Waals surface area (Å²) < 4.78 is 20.4. The standard InChI is InChI=1S/C3H6O4Si2/c1-8-4-3(5-8)6-9(2)7-3/h1-2H3. The molecule has 2 radical (unpaired) electrons. The van der Waals surface area contributed by atoms with E-state index in [-0.39, 0.29) is 0 Å². The Labute approximate surface area is 56.4 Å². The molecule has 6 heteroatoms. The average molecular weight is 162 g/mol. The molecule has 0 aromatic heterocycles. The first kappa shape index (κ1) is 6.01. The molecule has 0 aliphatic carbocycles. The van der Waals surface area contributed by atoms with Gasteiger partial charge in [0, 0.05) is 0 Å². The van der Waals surface area contributed by atoms with Crippen LogP contribution in [0.5, 0.6) is 0 Å². The molecule has 0 unspecified atom stereocenters. The van der Waals surface area contributed by atoms with E-state index in [9.17, 15) is 0 Å². The number of hydrogen-bond acceptors (Lipinski definition) is 4. The third-order valence-corrected chi connectivity index (χ3v) is 3.22. The Bertz CT molecular complexity index is 108. The van der Waals surface area contributed by atoms with Gasteiger partial charge in [-0.05, 0) is 13.1 Å². The van der Waals surface area contributed by atoms with Crippen LogP contribution < -0.4 is 0 Å². The van der Waals surface area contributed by atoms with E-state index in [1.807, 2.05) is 13.1 Å². The molecule has 0 aromatic carbocycles. The van der Waals surface area contributed by atoms with Gasteiger partial charge in [-0.1, -0.05) is 0 Å². The van der Waals surface area contributed by atoms with Crippen molar-refractivity contribution in [2.75, 3.05) is 0 Å². The van der Waals surface area contributed by atoms with Crippen molar-refractivity contribution in [1.82, 2.24) is 0 Å². The van der Waals surface area contributed by atoms with Gasteiger partial charge in [0.25, 0.3) is 0 Å². The lowest BCUT2D eigenvalue weighted by atomic mass is 11.2. The molecule has 2 fully saturated rings. The molecule has 0 N–H and O–H groups in total. The van der Waals surface area contributed by atoms with Gasteiger partial charge in [0.15, 0.2) is 0 Å². The van der Waals surface area contributed by atoms with Crippen LogP contribution in [0.4, 0.5) is 0 Å². The highest BCUT2D eigenvalue weighted by Crippen LogP contribution is 2.37. The molecule has 2 rings (SSSR count). The zero-order valence-electron chi connectivity index (χ0n) is 5.13.